The Morgan fingerprint density at radius 3 is 2.88 bits per heavy atom. The number of carbonyl (C=O) groups is 2. The molecule has 92 valence electrons. The van der Waals surface area contributed by atoms with Gasteiger partial charge in [0.15, 0.2) is 0 Å². The molecule has 4 nitrogen and oxygen atoms in total. The van der Waals surface area contributed by atoms with E-state index in [4.69, 9.17) is 0 Å². The van der Waals surface area contributed by atoms with Gasteiger partial charge in [-0.05, 0) is 31.8 Å². The molecule has 1 fully saturated rings. The van der Waals surface area contributed by atoms with Crippen molar-refractivity contribution in [2.24, 2.45) is 0 Å². The lowest BCUT2D eigenvalue weighted by molar-refractivity contribution is -0.147. The molecule has 1 heterocycles. The van der Waals surface area contributed by atoms with Gasteiger partial charge in [-0.1, -0.05) is 6.92 Å². The highest BCUT2D eigenvalue weighted by atomic mass is 32.2. The second-order valence-electron chi connectivity index (χ2n) is 4.03. The first-order chi connectivity index (χ1) is 7.57. The maximum atomic E-state index is 11.7. The third-order valence-corrected chi connectivity index (χ3v) is 3.79. The zero-order valence-electron chi connectivity index (χ0n) is 10.2. The molecule has 1 aliphatic heterocycles. The zero-order chi connectivity index (χ0) is 12.1. The fourth-order valence-electron chi connectivity index (χ4n) is 1.91. The molecule has 0 aromatic carbocycles. The number of thioether (sulfide) groups is 1. The van der Waals surface area contributed by atoms with Crippen LogP contribution in [0.3, 0.4) is 0 Å². The molecule has 2 atom stereocenters. The van der Waals surface area contributed by atoms with E-state index in [1.165, 1.54) is 0 Å². The Labute approximate surface area is 101 Å². The smallest absolute Gasteiger partial charge is 0.242 e. The molecule has 5 heteroatoms. The predicted molar refractivity (Wildman–Crippen MR) is 66.4 cm³/mol. The van der Waals surface area contributed by atoms with Crippen LogP contribution in [0.5, 0.6) is 0 Å². The molecule has 0 saturated carbocycles. The van der Waals surface area contributed by atoms with Crippen LogP contribution in [-0.2, 0) is 9.59 Å². The third kappa shape index (κ3) is 3.14. The van der Waals surface area contributed by atoms with Crippen LogP contribution < -0.4 is 5.32 Å². The standard InChI is InChI=1S/C11H20N2O2S/c1-4-16-6-5-8(2)13-9(3)11(15)12-7-10(13)14/h8-9H,4-7H2,1-3H3,(H,12,15). The predicted octanol–water partition coefficient (Wildman–Crippen LogP) is 0.865. The highest BCUT2D eigenvalue weighted by Crippen LogP contribution is 2.15. The molecule has 0 aromatic rings. The summed E-state index contributed by atoms with van der Waals surface area (Å²) in [6.45, 7) is 6.07. The first-order valence-corrected chi connectivity index (χ1v) is 6.90. The number of rotatable bonds is 5. The lowest BCUT2D eigenvalue weighted by Crippen LogP contribution is -2.59. The van der Waals surface area contributed by atoms with Gasteiger partial charge in [-0.2, -0.15) is 11.8 Å². The average molecular weight is 244 g/mol. The fourth-order valence-corrected chi connectivity index (χ4v) is 2.71. The molecule has 0 aromatic heterocycles. The average Bonchev–Trinajstić information content (AvgIpc) is 2.24. The Hall–Kier alpha value is -0.710. The molecule has 2 amide bonds. The Morgan fingerprint density at radius 1 is 1.56 bits per heavy atom. The van der Waals surface area contributed by atoms with E-state index in [0.717, 1.165) is 17.9 Å². The van der Waals surface area contributed by atoms with Gasteiger partial charge >= 0.3 is 0 Å². The quantitative estimate of drug-likeness (QED) is 0.730. The molecule has 1 saturated heterocycles. The number of hydrogen-bond acceptors (Lipinski definition) is 3. The summed E-state index contributed by atoms with van der Waals surface area (Å²) in [7, 11) is 0. The first kappa shape index (κ1) is 13.4. The Bertz CT molecular complexity index is 271. The summed E-state index contributed by atoms with van der Waals surface area (Å²) in [5.74, 6) is 2.11. The molecule has 1 aliphatic rings. The zero-order valence-corrected chi connectivity index (χ0v) is 11.0. The SMILES string of the molecule is CCSCCC(C)N1C(=O)CNC(=O)C1C. The Kier molecular flexibility index (Phi) is 5.12. The minimum Gasteiger partial charge on any atom is -0.345 e. The van der Waals surface area contributed by atoms with Crippen LogP contribution >= 0.6 is 11.8 Å². The maximum absolute atomic E-state index is 11.7. The minimum atomic E-state index is -0.331. The van der Waals surface area contributed by atoms with Gasteiger partial charge in [0.25, 0.3) is 0 Å². The largest absolute Gasteiger partial charge is 0.345 e. The molecule has 2 unspecified atom stereocenters. The highest BCUT2D eigenvalue weighted by molar-refractivity contribution is 7.99. The van der Waals surface area contributed by atoms with Gasteiger partial charge in [-0.25, -0.2) is 0 Å². The molecular formula is C11H20N2O2S. The lowest BCUT2D eigenvalue weighted by Gasteiger charge is -2.37. The number of nitrogens with zero attached hydrogens (tertiary/aromatic N) is 1. The van der Waals surface area contributed by atoms with Crippen LogP contribution in [0.1, 0.15) is 27.2 Å². The molecule has 0 spiro atoms. The van der Waals surface area contributed by atoms with Crippen molar-refractivity contribution in [3.63, 3.8) is 0 Å². The van der Waals surface area contributed by atoms with Crippen molar-refractivity contribution in [2.75, 3.05) is 18.1 Å². The van der Waals surface area contributed by atoms with E-state index in [-0.39, 0.29) is 30.4 Å². The van der Waals surface area contributed by atoms with Gasteiger partial charge in [-0.3, -0.25) is 9.59 Å². The Balaban J connectivity index is 2.54. The summed E-state index contributed by atoms with van der Waals surface area (Å²) < 4.78 is 0. The van der Waals surface area contributed by atoms with Crippen molar-refractivity contribution in [1.29, 1.82) is 0 Å². The van der Waals surface area contributed by atoms with Crippen molar-refractivity contribution in [3.05, 3.63) is 0 Å². The van der Waals surface area contributed by atoms with Crippen LogP contribution in [0.15, 0.2) is 0 Å². The van der Waals surface area contributed by atoms with Crippen molar-refractivity contribution >= 4 is 23.6 Å². The van der Waals surface area contributed by atoms with Crippen molar-refractivity contribution < 1.29 is 9.59 Å². The summed E-state index contributed by atoms with van der Waals surface area (Å²) in [4.78, 5) is 24.9. The molecule has 16 heavy (non-hydrogen) atoms. The van der Waals surface area contributed by atoms with E-state index < -0.39 is 0 Å². The first-order valence-electron chi connectivity index (χ1n) is 5.74. The van der Waals surface area contributed by atoms with E-state index in [2.05, 4.69) is 12.2 Å². The Morgan fingerprint density at radius 2 is 2.25 bits per heavy atom. The molecule has 1 rings (SSSR count). The van der Waals surface area contributed by atoms with Gasteiger partial charge in [-0.15, -0.1) is 0 Å². The van der Waals surface area contributed by atoms with Gasteiger partial charge in [0, 0.05) is 6.04 Å². The second-order valence-corrected chi connectivity index (χ2v) is 5.42. The van der Waals surface area contributed by atoms with E-state index in [1.54, 1.807) is 11.8 Å². The van der Waals surface area contributed by atoms with E-state index in [9.17, 15) is 9.59 Å². The van der Waals surface area contributed by atoms with Crippen LogP contribution in [0.25, 0.3) is 0 Å². The number of carbonyl (C=O) groups excluding carboxylic acids is 2. The molecule has 0 bridgehead atoms. The third-order valence-electron chi connectivity index (χ3n) is 2.86. The summed E-state index contributed by atoms with van der Waals surface area (Å²) in [5, 5.41) is 2.60. The van der Waals surface area contributed by atoms with E-state index in [1.807, 2.05) is 18.7 Å². The van der Waals surface area contributed by atoms with Crippen LogP contribution in [-0.4, -0.2) is 46.8 Å². The van der Waals surface area contributed by atoms with E-state index in [0.29, 0.717) is 0 Å². The van der Waals surface area contributed by atoms with Gasteiger partial charge in [0.05, 0.1) is 6.54 Å². The number of hydrogen-bond donors (Lipinski definition) is 1. The fraction of sp³-hybridized carbons (Fsp3) is 0.818. The van der Waals surface area contributed by atoms with Crippen LogP contribution in [0, 0.1) is 0 Å². The summed E-state index contributed by atoms with van der Waals surface area (Å²) in [5.41, 5.74) is 0. The second kappa shape index (κ2) is 6.13. The number of amides is 2. The molecule has 0 aliphatic carbocycles. The number of nitrogens with one attached hydrogen (secondary N) is 1. The molecule has 0 radical (unpaired) electrons. The molecule has 1 N–H and O–H groups in total. The van der Waals surface area contributed by atoms with Crippen LogP contribution in [0.4, 0.5) is 0 Å². The van der Waals surface area contributed by atoms with Crippen molar-refractivity contribution in [1.82, 2.24) is 10.2 Å². The van der Waals surface area contributed by atoms with E-state index >= 15 is 0 Å². The van der Waals surface area contributed by atoms with Gasteiger partial charge in [0.1, 0.15) is 6.04 Å². The summed E-state index contributed by atoms with van der Waals surface area (Å²) >= 11 is 1.87. The number of piperazine rings is 1. The topological polar surface area (TPSA) is 49.4 Å². The molecular weight excluding hydrogens is 224 g/mol. The van der Waals surface area contributed by atoms with Crippen molar-refractivity contribution in [2.45, 2.75) is 39.3 Å². The lowest BCUT2D eigenvalue weighted by atomic mass is 10.1. The summed E-state index contributed by atoms with van der Waals surface area (Å²) in [6.07, 6.45) is 0.946. The van der Waals surface area contributed by atoms with Crippen LogP contribution in [0.2, 0.25) is 0 Å². The summed E-state index contributed by atoms with van der Waals surface area (Å²) in [6, 6.07) is -0.185. The van der Waals surface area contributed by atoms with Gasteiger partial charge < -0.3 is 10.2 Å². The van der Waals surface area contributed by atoms with Crippen molar-refractivity contribution in [3.8, 4) is 0 Å². The highest BCUT2D eigenvalue weighted by Gasteiger charge is 2.33. The normalized spacial score (nSPS) is 23.2. The monoisotopic (exact) mass is 244 g/mol. The van der Waals surface area contributed by atoms with Gasteiger partial charge in [0.2, 0.25) is 11.8 Å². The maximum Gasteiger partial charge on any atom is 0.242 e. The minimum absolute atomic E-state index is 0.0288.